The van der Waals surface area contributed by atoms with Crippen LogP contribution in [0.4, 0.5) is 4.39 Å². The van der Waals surface area contributed by atoms with Gasteiger partial charge < -0.3 is 9.15 Å². The van der Waals surface area contributed by atoms with Crippen molar-refractivity contribution in [1.82, 2.24) is 10.2 Å². The molecule has 0 saturated heterocycles. The Labute approximate surface area is 98.6 Å². The molecule has 0 fully saturated rings. The normalized spacial score (nSPS) is 10.3. The summed E-state index contributed by atoms with van der Waals surface area (Å²) in [6.45, 7) is 0. The molecule has 0 unspecified atom stereocenters. The van der Waals surface area contributed by atoms with Crippen LogP contribution in [0.15, 0.2) is 22.6 Å². The largest absolute Gasteiger partial charge is 0.494 e. The fourth-order valence-corrected chi connectivity index (χ4v) is 1.44. The van der Waals surface area contributed by atoms with Crippen molar-refractivity contribution in [3.05, 3.63) is 27.9 Å². The van der Waals surface area contributed by atoms with Gasteiger partial charge in [-0.15, -0.1) is 10.2 Å². The predicted octanol–water partition coefficient (Wildman–Crippen LogP) is 2.49. The second-order valence-corrected chi connectivity index (χ2v) is 3.63. The molecule has 0 bridgehead atoms. The lowest BCUT2D eigenvalue weighted by Gasteiger charge is -2.01. The van der Waals surface area contributed by atoms with Crippen LogP contribution in [0, 0.1) is 9.71 Å². The second kappa shape index (κ2) is 4.13. The number of benzene rings is 1. The fourth-order valence-electron chi connectivity index (χ4n) is 1.12. The highest BCUT2D eigenvalue weighted by atomic mass is 127. The van der Waals surface area contributed by atoms with E-state index in [2.05, 4.69) is 10.2 Å². The van der Waals surface area contributed by atoms with Crippen LogP contribution < -0.4 is 4.74 Å². The van der Waals surface area contributed by atoms with E-state index in [1.165, 1.54) is 19.2 Å². The van der Waals surface area contributed by atoms with Crippen LogP contribution >= 0.6 is 22.6 Å². The van der Waals surface area contributed by atoms with Crippen molar-refractivity contribution in [2.45, 2.75) is 0 Å². The molecule has 1 aromatic carbocycles. The van der Waals surface area contributed by atoms with E-state index in [0.717, 1.165) is 0 Å². The molecule has 1 aromatic heterocycles. The van der Waals surface area contributed by atoms with Crippen molar-refractivity contribution >= 4 is 22.6 Å². The molecule has 15 heavy (non-hydrogen) atoms. The number of hydrogen-bond acceptors (Lipinski definition) is 4. The van der Waals surface area contributed by atoms with E-state index < -0.39 is 5.82 Å². The molecular weight excluding hydrogens is 314 g/mol. The minimum Gasteiger partial charge on any atom is -0.494 e. The summed E-state index contributed by atoms with van der Waals surface area (Å²) in [6, 6.07) is 4.47. The van der Waals surface area contributed by atoms with E-state index in [1.54, 1.807) is 6.07 Å². The first kappa shape index (κ1) is 10.3. The van der Waals surface area contributed by atoms with Crippen LogP contribution in [0.5, 0.6) is 5.75 Å². The zero-order valence-corrected chi connectivity index (χ0v) is 9.86. The number of aromatic nitrogens is 2. The summed E-state index contributed by atoms with van der Waals surface area (Å²) < 4.78 is 23.7. The molecule has 6 heteroatoms. The molecule has 0 aliphatic carbocycles. The Kier molecular flexibility index (Phi) is 2.85. The number of rotatable bonds is 2. The summed E-state index contributed by atoms with van der Waals surface area (Å²) in [6.07, 6.45) is 0. The Morgan fingerprint density at radius 3 is 2.73 bits per heavy atom. The Morgan fingerprint density at radius 2 is 2.20 bits per heavy atom. The Morgan fingerprint density at radius 1 is 1.40 bits per heavy atom. The van der Waals surface area contributed by atoms with Gasteiger partial charge in [0.1, 0.15) is 0 Å². The van der Waals surface area contributed by atoms with Crippen molar-refractivity contribution in [1.29, 1.82) is 0 Å². The maximum Gasteiger partial charge on any atom is 0.278 e. The monoisotopic (exact) mass is 320 g/mol. The third kappa shape index (κ3) is 2.09. The van der Waals surface area contributed by atoms with E-state index in [-0.39, 0.29) is 5.75 Å². The lowest BCUT2D eigenvalue weighted by molar-refractivity contribution is 0.386. The number of ether oxygens (including phenoxy) is 1. The lowest BCUT2D eigenvalue weighted by Crippen LogP contribution is -1.88. The summed E-state index contributed by atoms with van der Waals surface area (Å²) >= 11 is 1.89. The molecule has 0 aliphatic heterocycles. The van der Waals surface area contributed by atoms with Gasteiger partial charge in [0, 0.05) is 28.2 Å². The Bertz CT molecular complexity index is 487. The van der Waals surface area contributed by atoms with Crippen LogP contribution in [0.1, 0.15) is 0 Å². The molecule has 1 heterocycles. The predicted molar refractivity (Wildman–Crippen MR) is 59.0 cm³/mol. The fraction of sp³-hybridized carbons (Fsp3) is 0.111. The third-order valence-corrected chi connectivity index (χ3v) is 2.24. The van der Waals surface area contributed by atoms with E-state index in [1.807, 2.05) is 22.6 Å². The molecule has 0 atom stereocenters. The molecule has 78 valence electrons. The number of hydrogen-bond donors (Lipinski definition) is 0. The highest BCUT2D eigenvalue weighted by Gasteiger charge is 2.10. The van der Waals surface area contributed by atoms with Gasteiger partial charge in [-0.05, 0) is 18.2 Å². The van der Waals surface area contributed by atoms with E-state index >= 15 is 0 Å². The molecule has 2 rings (SSSR count). The van der Waals surface area contributed by atoms with E-state index in [9.17, 15) is 4.39 Å². The van der Waals surface area contributed by atoms with Gasteiger partial charge in [-0.3, -0.25) is 0 Å². The van der Waals surface area contributed by atoms with Crippen molar-refractivity contribution in [3.63, 3.8) is 0 Å². The average molecular weight is 320 g/mol. The van der Waals surface area contributed by atoms with Crippen molar-refractivity contribution in [3.8, 4) is 17.2 Å². The van der Waals surface area contributed by atoms with Gasteiger partial charge in [-0.25, -0.2) is 4.39 Å². The topological polar surface area (TPSA) is 48.2 Å². The first-order valence-corrected chi connectivity index (χ1v) is 5.11. The molecule has 0 radical (unpaired) electrons. The first-order valence-electron chi connectivity index (χ1n) is 4.03. The molecular formula is C9H6FIN2O2. The Hall–Kier alpha value is -1.18. The summed E-state index contributed by atoms with van der Waals surface area (Å²) in [7, 11) is 1.41. The number of nitrogens with zero attached hydrogens (tertiary/aromatic N) is 2. The van der Waals surface area contributed by atoms with Gasteiger partial charge in [0.25, 0.3) is 3.90 Å². The molecule has 0 aliphatic rings. The van der Waals surface area contributed by atoms with Crippen molar-refractivity contribution < 1.29 is 13.5 Å². The van der Waals surface area contributed by atoms with Gasteiger partial charge in [0.15, 0.2) is 11.6 Å². The van der Waals surface area contributed by atoms with Gasteiger partial charge in [-0.2, -0.15) is 0 Å². The minimum atomic E-state index is -0.455. The molecule has 0 N–H and O–H groups in total. The maximum absolute atomic E-state index is 13.3. The second-order valence-electron chi connectivity index (χ2n) is 2.71. The quantitative estimate of drug-likeness (QED) is 0.798. The van der Waals surface area contributed by atoms with Crippen molar-refractivity contribution in [2.75, 3.05) is 7.11 Å². The van der Waals surface area contributed by atoms with Crippen LogP contribution in [0.25, 0.3) is 11.5 Å². The smallest absolute Gasteiger partial charge is 0.278 e. The zero-order chi connectivity index (χ0) is 10.8. The van der Waals surface area contributed by atoms with Gasteiger partial charge >= 0.3 is 0 Å². The zero-order valence-electron chi connectivity index (χ0n) is 7.70. The van der Waals surface area contributed by atoms with Crippen LogP contribution in [0.2, 0.25) is 0 Å². The third-order valence-electron chi connectivity index (χ3n) is 1.80. The number of halogens is 2. The van der Waals surface area contributed by atoms with E-state index in [0.29, 0.717) is 15.4 Å². The lowest BCUT2D eigenvalue weighted by atomic mass is 10.2. The van der Waals surface area contributed by atoms with Crippen LogP contribution in [-0.2, 0) is 0 Å². The van der Waals surface area contributed by atoms with Gasteiger partial charge in [0.2, 0.25) is 5.89 Å². The summed E-state index contributed by atoms with van der Waals surface area (Å²) in [5, 5.41) is 7.43. The summed E-state index contributed by atoms with van der Waals surface area (Å²) in [5.74, 6) is 0.0251. The molecule has 2 aromatic rings. The molecule has 0 saturated carbocycles. The van der Waals surface area contributed by atoms with E-state index in [4.69, 9.17) is 9.15 Å². The maximum atomic E-state index is 13.3. The SMILES string of the molecule is COc1ccc(-c2nnc(I)o2)cc1F. The van der Waals surface area contributed by atoms with Crippen molar-refractivity contribution in [2.24, 2.45) is 0 Å². The average Bonchev–Trinajstić information content (AvgIpc) is 2.65. The highest BCUT2D eigenvalue weighted by Crippen LogP contribution is 2.24. The number of methoxy groups -OCH3 is 1. The molecule has 0 spiro atoms. The standard InChI is InChI=1S/C9H6FIN2O2/c1-14-7-3-2-5(4-6(7)10)8-12-13-9(11)15-8/h2-4H,1H3. The van der Waals surface area contributed by atoms with Gasteiger partial charge in [0.05, 0.1) is 7.11 Å². The highest BCUT2D eigenvalue weighted by molar-refractivity contribution is 14.1. The first-order chi connectivity index (χ1) is 7.20. The summed E-state index contributed by atoms with van der Waals surface area (Å²) in [5.41, 5.74) is 0.531. The minimum absolute atomic E-state index is 0.188. The van der Waals surface area contributed by atoms with Crippen LogP contribution in [-0.4, -0.2) is 17.3 Å². The summed E-state index contributed by atoms with van der Waals surface area (Å²) in [4.78, 5) is 0. The molecule has 4 nitrogen and oxygen atoms in total. The Balaban J connectivity index is 2.42. The van der Waals surface area contributed by atoms with Gasteiger partial charge in [-0.1, -0.05) is 0 Å². The van der Waals surface area contributed by atoms with Crippen LogP contribution in [0.3, 0.4) is 0 Å². The molecule has 0 amide bonds.